The molecule has 9 heteroatoms. The zero-order valence-electron chi connectivity index (χ0n) is 14.3. The summed E-state index contributed by atoms with van der Waals surface area (Å²) in [5.74, 6) is -1.05. The molecule has 1 aromatic rings. The van der Waals surface area contributed by atoms with Gasteiger partial charge in [-0.05, 0) is 31.4 Å². The number of carbonyl (C=O) groups is 1. The minimum Gasteiger partial charge on any atom is -0.368 e. The van der Waals surface area contributed by atoms with Gasteiger partial charge in [0.2, 0.25) is 0 Å². The van der Waals surface area contributed by atoms with Gasteiger partial charge in [0.05, 0.1) is 0 Å². The van der Waals surface area contributed by atoms with E-state index in [0.29, 0.717) is 16.6 Å². The molecule has 0 radical (unpaired) electrons. The molecule has 1 amide bonds. The minimum absolute atomic E-state index is 0.0145. The van der Waals surface area contributed by atoms with Gasteiger partial charge < -0.3 is 15.2 Å². The van der Waals surface area contributed by atoms with E-state index in [0.717, 1.165) is 11.1 Å². The summed E-state index contributed by atoms with van der Waals surface area (Å²) in [6.07, 6.45) is 0.439. The fraction of sp³-hybridized carbons (Fsp3) is 0.533. The van der Waals surface area contributed by atoms with Crippen LogP contribution in [0.2, 0.25) is 0 Å². The molecule has 1 atom stereocenters. The van der Waals surface area contributed by atoms with Crippen LogP contribution in [-0.2, 0) is 24.4 Å². The number of carbonyl (C=O) groups excluding carboxylic acids is 1. The molecule has 0 heterocycles. The zero-order chi connectivity index (χ0) is 18.3. The second kappa shape index (κ2) is 9.09. The van der Waals surface area contributed by atoms with Crippen molar-refractivity contribution in [2.45, 2.75) is 32.6 Å². The number of hydrogen-bond acceptors (Lipinski definition) is 6. The average Bonchev–Trinajstić information content (AvgIpc) is 2.53. The Kier molecular flexibility index (Phi) is 7.77. The molecule has 0 aliphatic carbocycles. The molecule has 8 nitrogen and oxygen atoms in total. The quantitative estimate of drug-likeness (QED) is 0.505. The summed E-state index contributed by atoms with van der Waals surface area (Å²) in [5.41, 5.74) is -0.306. The molecule has 0 spiro atoms. The number of aliphatic hydroxyl groups is 1. The molecule has 0 bridgehead atoms. The number of sulfonamides is 1. The molecule has 0 aliphatic rings. The SMILES string of the molecule is CCCN(OCOC)S(=O)(=O)C(O)C(=O)Nc1c(C)cccc1C. The Balaban J connectivity index is 2.96. The summed E-state index contributed by atoms with van der Waals surface area (Å²) in [5, 5.41) is 12.5. The number of benzene rings is 1. The summed E-state index contributed by atoms with van der Waals surface area (Å²) < 4.78 is 30.0. The van der Waals surface area contributed by atoms with Gasteiger partial charge in [-0.15, -0.1) is 0 Å². The normalized spacial score (nSPS) is 13.1. The van der Waals surface area contributed by atoms with Gasteiger partial charge in [-0.3, -0.25) is 9.63 Å². The third-order valence-electron chi connectivity index (χ3n) is 3.24. The first-order valence-electron chi connectivity index (χ1n) is 7.44. The van der Waals surface area contributed by atoms with Crippen molar-refractivity contribution in [1.82, 2.24) is 4.47 Å². The van der Waals surface area contributed by atoms with E-state index in [1.54, 1.807) is 32.9 Å². The first-order chi connectivity index (χ1) is 11.3. The maximum atomic E-state index is 12.4. The molecule has 1 rings (SSSR count). The van der Waals surface area contributed by atoms with Crippen molar-refractivity contribution < 1.29 is 27.9 Å². The van der Waals surface area contributed by atoms with Crippen LogP contribution >= 0.6 is 0 Å². The number of nitrogens with zero attached hydrogens (tertiary/aromatic N) is 1. The highest BCUT2D eigenvalue weighted by molar-refractivity contribution is 7.90. The van der Waals surface area contributed by atoms with E-state index in [9.17, 15) is 18.3 Å². The summed E-state index contributed by atoms with van der Waals surface area (Å²) in [7, 11) is -3.07. The third kappa shape index (κ3) is 4.99. The maximum Gasteiger partial charge on any atom is 0.272 e. The number of hydrogen-bond donors (Lipinski definition) is 2. The van der Waals surface area contributed by atoms with Crippen LogP contribution in [0, 0.1) is 13.8 Å². The van der Waals surface area contributed by atoms with Crippen molar-refractivity contribution in [3.63, 3.8) is 0 Å². The van der Waals surface area contributed by atoms with Crippen LogP contribution in [-0.4, -0.2) is 49.8 Å². The van der Waals surface area contributed by atoms with Crippen LogP contribution in [0.25, 0.3) is 0 Å². The van der Waals surface area contributed by atoms with E-state index in [2.05, 4.69) is 10.1 Å². The molecular weight excluding hydrogens is 336 g/mol. The Morgan fingerprint density at radius 3 is 2.42 bits per heavy atom. The van der Waals surface area contributed by atoms with Crippen LogP contribution in [0.15, 0.2) is 18.2 Å². The summed E-state index contributed by atoms with van der Waals surface area (Å²) in [6, 6.07) is 5.36. The maximum absolute atomic E-state index is 12.4. The number of methoxy groups -OCH3 is 1. The summed E-state index contributed by atoms with van der Waals surface area (Å²) >= 11 is 0. The lowest BCUT2D eigenvalue weighted by Gasteiger charge is -2.23. The van der Waals surface area contributed by atoms with E-state index < -0.39 is 21.4 Å². The fourth-order valence-electron chi connectivity index (χ4n) is 2.00. The molecule has 136 valence electrons. The van der Waals surface area contributed by atoms with Crippen LogP contribution in [0.5, 0.6) is 0 Å². The van der Waals surface area contributed by atoms with Crippen LogP contribution in [0.3, 0.4) is 0 Å². The van der Waals surface area contributed by atoms with Gasteiger partial charge in [-0.25, -0.2) is 8.42 Å². The number of nitrogens with one attached hydrogen (secondary N) is 1. The lowest BCUT2D eigenvalue weighted by molar-refractivity contribution is -0.165. The Bertz CT molecular complexity index is 642. The number of hydroxylamine groups is 1. The van der Waals surface area contributed by atoms with Gasteiger partial charge >= 0.3 is 0 Å². The van der Waals surface area contributed by atoms with Crippen LogP contribution in [0.1, 0.15) is 24.5 Å². The van der Waals surface area contributed by atoms with Crippen molar-refractivity contribution in [3.8, 4) is 0 Å². The Labute approximate surface area is 142 Å². The molecular formula is C15H24N2O6S. The Morgan fingerprint density at radius 1 is 1.33 bits per heavy atom. The van der Waals surface area contributed by atoms with Gasteiger partial charge in [0.1, 0.15) is 0 Å². The predicted molar refractivity (Wildman–Crippen MR) is 89.4 cm³/mol. The fourth-order valence-corrected chi connectivity index (χ4v) is 3.18. The highest BCUT2D eigenvalue weighted by atomic mass is 32.2. The first kappa shape index (κ1) is 20.5. The molecule has 1 unspecified atom stereocenters. The van der Waals surface area contributed by atoms with Crippen molar-refractivity contribution in [2.75, 3.05) is 25.8 Å². The second-order valence-electron chi connectivity index (χ2n) is 5.22. The third-order valence-corrected chi connectivity index (χ3v) is 4.87. The summed E-state index contributed by atoms with van der Waals surface area (Å²) in [6.45, 7) is 4.95. The molecule has 1 aromatic carbocycles. The monoisotopic (exact) mass is 360 g/mol. The van der Waals surface area contributed by atoms with E-state index >= 15 is 0 Å². The topological polar surface area (TPSA) is 105 Å². The molecule has 0 aliphatic heterocycles. The van der Waals surface area contributed by atoms with Gasteiger partial charge in [-0.2, -0.15) is 0 Å². The highest BCUT2D eigenvalue weighted by Gasteiger charge is 2.37. The van der Waals surface area contributed by atoms with Crippen molar-refractivity contribution in [1.29, 1.82) is 0 Å². The van der Waals surface area contributed by atoms with Gasteiger partial charge in [0, 0.05) is 19.3 Å². The van der Waals surface area contributed by atoms with Crippen LogP contribution < -0.4 is 5.32 Å². The van der Waals surface area contributed by atoms with Crippen LogP contribution in [0.4, 0.5) is 5.69 Å². The lowest BCUT2D eigenvalue weighted by Crippen LogP contribution is -2.45. The smallest absolute Gasteiger partial charge is 0.272 e. The molecule has 0 saturated carbocycles. The van der Waals surface area contributed by atoms with Gasteiger partial charge in [0.15, 0.2) is 6.79 Å². The van der Waals surface area contributed by atoms with Crippen molar-refractivity contribution in [3.05, 3.63) is 29.3 Å². The number of para-hydroxylation sites is 1. The number of anilines is 1. The molecule has 0 aromatic heterocycles. The molecule has 2 N–H and O–H groups in total. The Morgan fingerprint density at radius 2 is 1.92 bits per heavy atom. The number of rotatable bonds is 9. The van der Waals surface area contributed by atoms with E-state index in [1.807, 2.05) is 6.07 Å². The second-order valence-corrected chi connectivity index (χ2v) is 7.10. The van der Waals surface area contributed by atoms with Gasteiger partial charge in [-0.1, -0.05) is 29.6 Å². The summed E-state index contributed by atoms with van der Waals surface area (Å²) in [4.78, 5) is 17.1. The molecule has 24 heavy (non-hydrogen) atoms. The van der Waals surface area contributed by atoms with E-state index in [1.165, 1.54) is 7.11 Å². The van der Waals surface area contributed by atoms with E-state index in [-0.39, 0.29) is 13.3 Å². The lowest BCUT2D eigenvalue weighted by atomic mass is 10.1. The number of ether oxygens (including phenoxy) is 1. The molecule has 0 saturated heterocycles. The van der Waals surface area contributed by atoms with E-state index in [4.69, 9.17) is 4.84 Å². The average molecular weight is 360 g/mol. The standard InChI is InChI=1S/C15H24N2O6S/c1-5-9-17(23-10-22-4)24(20,21)15(19)14(18)16-13-11(2)7-6-8-12(13)3/h6-8,15,19H,5,9-10H2,1-4H3,(H,16,18). The van der Waals surface area contributed by atoms with Crippen molar-refractivity contribution >= 4 is 21.6 Å². The Hall–Kier alpha value is -1.52. The van der Waals surface area contributed by atoms with Crippen molar-refractivity contribution in [2.24, 2.45) is 0 Å². The largest absolute Gasteiger partial charge is 0.368 e. The first-order valence-corrected chi connectivity index (χ1v) is 8.94. The number of aliphatic hydroxyl groups excluding tert-OH is 1. The number of aryl methyl sites for hydroxylation is 2. The zero-order valence-corrected chi connectivity index (χ0v) is 15.1. The number of amides is 1. The highest BCUT2D eigenvalue weighted by Crippen LogP contribution is 2.20. The minimum atomic E-state index is -4.41. The predicted octanol–water partition coefficient (Wildman–Crippen LogP) is 1.14. The van der Waals surface area contributed by atoms with Gasteiger partial charge in [0.25, 0.3) is 21.4 Å². The molecule has 0 fully saturated rings.